The Bertz CT molecular complexity index is 1140. The third kappa shape index (κ3) is 7.83. The lowest BCUT2D eigenvalue weighted by molar-refractivity contribution is -0.143. The fraction of sp³-hybridized carbons (Fsp3) is 0.355. The number of carbonyl (C=O) groups excluding carboxylic acids is 2. The van der Waals surface area contributed by atoms with Crippen LogP contribution in [-0.2, 0) is 29.0 Å². The molecule has 0 heterocycles. The van der Waals surface area contributed by atoms with E-state index in [0.29, 0.717) is 17.2 Å². The zero-order chi connectivity index (χ0) is 26.0. The molecule has 194 valence electrons. The minimum absolute atomic E-state index is 0.120. The van der Waals surface area contributed by atoms with Gasteiger partial charge in [0.1, 0.15) is 11.8 Å². The van der Waals surface area contributed by atoms with Gasteiger partial charge in [-0.15, -0.1) is 0 Å². The van der Waals surface area contributed by atoms with E-state index >= 15 is 0 Å². The average Bonchev–Trinajstić information content (AvgIpc) is 3.44. The molecule has 6 heteroatoms. The first-order chi connectivity index (χ1) is 18.0. The number of hydrogen-bond acceptors (Lipinski definition) is 3. The van der Waals surface area contributed by atoms with Crippen LogP contribution in [0.5, 0.6) is 5.75 Å². The van der Waals surface area contributed by atoms with Crippen LogP contribution < -0.4 is 10.1 Å². The van der Waals surface area contributed by atoms with Crippen molar-refractivity contribution in [2.75, 3.05) is 6.61 Å². The first-order valence-electron chi connectivity index (χ1n) is 13.1. The second kappa shape index (κ2) is 13.3. The lowest BCUT2D eigenvalue weighted by atomic mass is 10.0. The number of benzene rings is 3. The SMILES string of the molecule is CCc1ccc(OCC(=O)N(Cc2ccc(Cl)cc2)C(Cc2ccccc2)C(=O)NC2CCCC2)cc1. The number of ether oxygens (including phenoxy) is 1. The van der Waals surface area contributed by atoms with Crippen molar-refractivity contribution >= 4 is 23.4 Å². The zero-order valence-corrected chi connectivity index (χ0v) is 22.1. The molecule has 0 spiro atoms. The lowest BCUT2D eigenvalue weighted by Crippen LogP contribution is -2.53. The highest BCUT2D eigenvalue weighted by molar-refractivity contribution is 6.30. The van der Waals surface area contributed by atoms with E-state index in [1.54, 1.807) is 17.0 Å². The van der Waals surface area contributed by atoms with Crippen molar-refractivity contribution in [1.82, 2.24) is 10.2 Å². The molecule has 3 aromatic rings. The van der Waals surface area contributed by atoms with Crippen LogP contribution in [-0.4, -0.2) is 35.4 Å². The lowest BCUT2D eigenvalue weighted by Gasteiger charge is -2.32. The number of amides is 2. The number of carbonyl (C=O) groups is 2. The maximum Gasteiger partial charge on any atom is 0.261 e. The van der Waals surface area contributed by atoms with Crippen LogP contribution in [0.1, 0.15) is 49.3 Å². The highest BCUT2D eigenvalue weighted by Gasteiger charge is 2.32. The van der Waals surface area contributed by atoms with Gasteiger partial charge in [0.15, 0.2) is 6.61 Å². The Morgan fingerprint density at radius 2 is 1.57 bits per heavy atom. The fourth-order valence-corrected chi connectivity index (χ4v) is 4.88. The molecule has 4 rings (SSSR count). The van der Waals surface area contributed by atoms with Crippen LogP contribution in [0, 0.1) is 0 Å². The molecule has 1 atom stereocenters. The van der Waals surface area contributed by atoms with Crippen LogP contribution in [0.4, 0.5) is 0 Å². The molecule has 0 aliphatic heterocycles. The Morgan fingerprint density at radius 1 is 0.919 bits per heavy atom. The fourth-order valence-electron chi connectivity index (χ4n) is 4.76. The van der Waals surface area contributed by atoms with Gasteiger partial charge in [-0.2, -0.15) is 0 Å². The minimum Gasteiger partial charge on any atom is -0.484 e. The number of nitrogens with one attached hydrogen (secondary N) is 1. The second-order valence-corrected chi connectivity index (χ2v) is 10.1. The Hall–Kier alpha value is -3.31. The first-order valence-corrected chi connectivity index (χ1v) is 13.5. The minimum atomic E-state index is -0.669. The summed E-state index contributed by atoms with van der Waals surface area (Å²) in [5, 5.41) is 3.85. The largest absolute Gasteiger partial charge is 0.484 e. The van der Waals surface area contributed by atoms with Gasteiger partial charge in [0.2, 0.25) is 5.91 Å². The monoisotopic (exact) mass is 518 g/mol. The smallest absolute Gasteiger partial charge is 0.261 e. The Morgan fingerprint density at radius 3 is 2.22 bits per heavy atom. The van der Waals surface area contributed by atoms with E-state index in [2.05, 4.69) is 12.2 Å². The van der Waals surface area contributed by atoms with Crippen molar-refractivity contribution < 1.29 is 14.3 Å². The van der Waals surface area contributed by atoms with E-state index in [1.807, 2.05) is 66.7 Å². The van der Waals surface area contributed by atoms with E-state index < -0.39 is 6.04 Å². The summed E-state index contributed by atoms with van der Waals surface area (Å²) in [7, 11) is 0. The van der Waals surface area contributed by atoms with Crippen molar-refractivity contribution in [3.8, 4) is 5.75 Å². The average molecular weight is 519 g/mol. The number of halogens is 1. The van der Waals surface area contributed by atoms with Crippen LogP contribution in [0.3, 0.4) is 0 Å². The Kier molecular flexibility index (Phi) is 9.61. The quantitative estimate of drug-likeness (QED) is 0.339. The summed E-state index contributed by atoms with van der Waals surface area (Å²) in [6.45, 7) is 2.22. The number of aryl methyl sites for hydroxylation is 1. The maximum atomic E-state index is 13.7. The van der Waals surface area contributed by atoms with Gasteiger partial charge >= 0.3 is 0 Å². The summed E-state index contributed by atoms with van der Waals surface area (Å²) in [5.41, 5.74) is 3.10. The summed E-state index contributed by atoms with van der Waals surface area (Å²) in [6, 6.07) is 24.5. The van der Waals surface area contributed by atoms with Gasteiger partial charge in [0.05, 0.1) is 0 Å². The summed E-state index contributed by atoms with van der Waals surface area (Å²) < 4.78 is 5.87. The van der Waals surface area contributed by atoms with Crippen LogP contribution in [0.25, 0.3) is 0 Å². The van der Waals surface area contributed by atoms with Gasteiger partial charge in [-0.1, -0.05) is 86.0 Å². The molecule has 1 unspecified atom stereocenters. The predicted molar refractivity (Wildman–Crippen MR) is 148 cm³/mol. The van der Waals surface area contributed by atoms with E-state index in [0.717, 1.165) is 43.2 Å². The van der Waals surface area contributed by atoms with Gasteiger partial charge < -0.3 is 15.0 Å². The molecule has 1 saturated carbocycles. The molecule has 5 nitrogen and oxygen atoms in total. The molecule has 37 heavy (non-hydrogen) atoms. The molecule has 2 amide bonds. The third-order valence-electron chi connectivity index (χ3n) is 6.93. The second-order valence-electron chi connectivity index (χ2n) is 9.63. The molecule has 0 bridgehead atoms. The molecule has 1 N–H and O–H groups in total. The molecule has 0 saturated heterocycles. The van der Waals surface area contributed by atoms with Crippen molar-refractivity contribution in [3.05, 3.63) is 101 Å². The van der Waals surface area contributed by atoms with Crippen LogP contribution >= 0.6 is 11.6 Å². The molecule has 0 aromatic heterocycles. The summed E-state index contributed by atoms with van der Waals surface area (Å²) in [6.07, 6.45) is 5.55. The van der Waals surface area contributed by atoms with Crippen molar-refractivity contribution in [2.45, 2.75) is 64.1 Å². The van der Waals surface area contributed by atoms with Crippen molar-refractivity contribution in [1.29, 1.82) is 0 Å². The number of rotatable bonds is 11. The molecular weight excluding hydrogens is 484 g/mol. The van der Waals surface area contributed by atoms with Crippen LogP contribution in [0.2, 0.25) is 5.02 Å². The Labute approximate surface area is 224 Å². The normalized spacial score (nSPS) is 14.2. The van der Waals surface area contributed by atoms with Crippen LogP contribution in [0.15, 0.2) is 78.9 Å². The molecule has 0 radical (unpaired) electrons. The van der Waals surface area contributed by atoms with Gasteiger partial charge in [-0.25, -0.2) is 0 Å². The summed E-state index contributed by atoms with van der Waals surface area (Å²) in [4.78, 5) is 29.0. The third-order valence-corrected chi connectivity index (χ3v) is 7.18. The van der Waals surface area contributed by atoms with E-state index in [4.69, 9.17) is 16.3 Å². The summed E-state index contributed by atoms with van der Waals surface area (Å²) >= 11 is 6.10. The van der Waals surface area contributed by atoms with Gasteiger partial charge in [-0.3, -0.25) is 9.59 Å². The van der Waals surface area contributed by atoms with Crippen molar-refractivity contribution in [2.24, 2.45) is 0 Å². The van der Waals surface area contributed by atoms with Gasteiger partial charge in [0, 0.05) is 24.0 Å². The highest BCUT2D eigenvalue weighted by Crippen LogP contribution is 2.21. The topological polar surface area (TPSA) is 58.6 Å². The van der Waals surface area contributed by atoms with Gasteiger partial charge in [-0.05, 0) is 60.2 Å². The van der Waals surface area contributed by atoms with E-state index in [1.165, 1.54) is 5.56 Å². The number of nitrogens with zero attached hydrogens (tertiary/aromatic N) is 1. The van der Waals surface area contributed by atoms with Gasteiger partial charge in [0.25, 0.3) is 5.91 Å². The molecular formula is C31H35ClN2O3. The highest BCUT2D eigenvalue weighted by atomic mass is 35.5. The Balaban J connectivity index is 1.58. The molecule has 1 fully saturated rings. The number of hydrogen-bond donors (Lipinski definition) is 1. The van der Waals surface area contributed by atoms with E-state index in [-0.39, 0.29) is 31.0 Å². The molecule has 1 aliphatic carbocycles. The summed E-state index contributed by atoms with van der Waals surface area (Å²) in [5.74, 6) is 0.273. The first kappa shape index (κ1) is 26.7. The molecule has 1 aliphatic rings. The van der Waals surface area contributed by atoms with Crippen molar-refractivity contribution in [3.63, 3.8) is 0 Å². The maximum absolute atomic E-state index is 13.7. The predicted octanol–water partition coefficient (Wildman–Crippen LogP) is 5.98. The van der Waals surface area contributed by atoms with E-state index in [9.17, 15) is 9.59 Å². The standard InChI is InChI=1S/C31H35ClN2O3/c1-2-23-14-18-28(19-15-23)37-22-30(35)34(21-25-12-16-26(32)17-13-25)29(20-24-8-4-3-5-9-24)31(36)33-27-10-6-7-11-27/h3-5,8-9,12-19,27,29H,2,6-7,10-11,20-22H2,1H3,(H,33,36). The molecule has 3 aromatic carbocycles. The zero-order valence-electron chi connectivity index (χ0n) is 21.4.